The molecular weight excluding hydrogens is 450 g/mol. The van der Waals surface area contributed by atoms with Gasteiger partial charge in [0.15, 0.2) is 0 Å². The van der Waals surface area contributed by atoms with Crippen LogP contribution in [0.4, 0.5) is 11.4 Å². The smallest absolute Gasteiger partial charge is 0.304 e. The average Bonchev–Trinajstić information content (AvgIpc) is 3.04. The molecule has 2 atom stereocenters. The van der Waals surface area contributed by atoms with Crippen LogP contribution < -0.4 is 15.8 Å². The summed E-state index contributed by atoms with van der Waals surface area (Å²) in [5.74, 6) is -0.145. The quantitative estimate of drug-likeness (QED) is 0.353. The highest BCUT2D eigenvalue weighted by Gasteiger charge is 2.25. The van der Waals surface area contributed by atoms with Crippen molar-refractivity contribution in [3.63, 3.8) is 0 Å². The summed E-state index contributed by atoms with van der Waals surface area (Å²) in [5, 5.41) is 12.9. The third-order valence-electron chi connectivity index (χ3n) is 7.33. The van der Waals surface area contributed by atoms with E-state index in [-0.39, 0.29) is 18.4 Å². The third-order valence-corrected chi connectivity index (χ3v) is 7.33. The molecule has 0 radical (unpaired) electrons. The van der Waals surface area contributed by atoms with Crippen LogP contribution in [-0.4, -0.2) is 35.7 Å². The van der Waals surface area contributed by atoms with E-state index in [2.05, 4.69) is 60.5 Å². The van der Waals surface area contributed by atoms with Crippen molar-refractivity contribution in [1.29, 1.82) is 0 Å². The summed E-state index contributed by atoms with van der Waals surface area (Å²) >= 11 is 0. The van der Waals surface area contributed by atoms with Gasteiger partial charge in [-0.3, -0.25) is 9.69 Å². The minimum absolute atomic E-state index is 0.00448. The van der Waals surface area contributed by atoms with E-state index in [0.717, 1.165) is 54.2 Å². The Labute approximate surface area is 214 Å². The monoisotopic (exact) mass is 487 g/mol. The molecule has 36 heavy (non-hydrogen) atoms. The van der Waals surface area contributed by atoms with Crippen molar-refractivity contribution in [1.82, 2.24) is 4.90 Å². The first-order chi connectivity index (χ1) is 17.3. The zero-order valence-corrected chi connectivity index (χ0v) is 21.7. The number of fused-ring (bicyclic) bond motifs is 1. The molecule has 6 heteroatoms. The van der Waals surface area contributed by atoms with E-state index in [9.17, 15) is 9.90 Å². The molecule has 0 bridgehead atoms. The summed E-state index contributed by atoms with van der Waals surface area (Å²) in [6.07, 6.45) is 1.08. The van der Waals surface area contributed by atoms with Crippen LogP contribution >= 0.6 is 0 Å². The van der Waals surface area contributed by atoms with Crippen LogP contribution in [0.2, 0.25) is 0 Å². The number of hydrogen-bond donors (Lipinski definition) is 3. The SMILES string of the molecule is CCC1CN(Cc2cc(C(CC(=O)O)c3ccc(NC)c(N)c3C)ccc2C)Cc2ccccc2O1. The molecule has 1 aliphatic heterocycles. The second-order valence-electron chi connectivity index (χ2n) is 9.75. The predicted octanol–water partition coefficient (Wildman–Crippen LogP) is 5.71. The molecule has 3 aromatic carbocycles. The number of ether oxygens (including phenoxy) is 1. The number of hydrogen-bond acceptors (Lipinski definition) is 5. The summed E-state index contributed by atoms with van der Waals surface area (Å²) in [6, 6.07) is 18.6. The number of anilines is 2. The Morgan fingerprint density at radius 2 is 1.97 bits per heavy atom. The number of carboxylic acid groups (broad SMARTS) is 1. The Bertz CT molecular complexity index is 1240. The number of benzene rings is 3. The number of carbonyl (C=O) groups is 1. The third kappa shape index (κ3) is 5.49. The summed E-state index contributed by atoms with van der Waals surface area (Å²) in [6.45, 7) is 8.68. The summed E-state index contributed by atoms with van der Waals surface area (Å²) in [4.78, 5) is 14.3. The molecule has 0 aromatic heterocycles. The molecule has 0 amide bonds. The van der Waals surface area contributed by atoms with E-state index in [1.807, 2.05) is 32.2 Å². The average molecular weight is 488 g/mol. The molecule has 0 aliphatic carbocycles. The van der Waals surface area contributed by atoms with Crippen LogP contribution in [0, 0.1) is 13.8 Å². The Kier molecular flexibility index (Phi) is 7.85. The van der Waals surface area contributed by atoms with E-state index in [1.165, 1.54) is 16.7 Å². The van der Waals surface area contributed by atoms with Crippen molar-refractivity contribution < 1.29 is 14.6 Å². The van der Waals surface area contributed by atoms with Gasteiger partial charge >= 0.3 is 5.97 Å². The molecule has 0 saturated carbocycles. The summed E-state index contributed by atoms with van der Waals surface area (Å²) in [5.41, 5.74) is 14.3. The minimum Gasteiger partial charge on any atom is -0.489 e. The molecule has 2 unspecified atom stereocenters. The van der Waals surface area contributed by atoms with Gasteiger partial charge < -0.3 is 20.9 Å². The normalized spacial score (nSPS) is 16.5. The van der Waals surface area contributed by atoms with Crippen LogP contribution in [0.1, 0.15) is 59.1 Å². The van der Waals surface area contributed by atoms with Gasteiger partial charge in [-0.15, -0.1) is 0 Å². The largest absolute Gasteiger partial charge is 0.489 e. The van der Waals surface area contributed by atoms with E-state index in [0.29, 0.717) is 5.69 Å². The van der Waals surface area contributed by atoms with Gasteiger partial charge in [0.2, 0.25) is 0 Å². The van der Waals surface area contributed by atoms with Crippen molar-refractivity contribution in [2.24, 2.45) is 0 Å². The maximum Gasteiger partial charge on any atom is 0.304 e. The molecule has 0 spiro atoms. The second-order valence-corrected chi connectivity index (χ2v) is 9.75. The van der Waals surface area contributed by atoms with Crippen molar-refractivity contribution in [3.05, 3.63) is 88.0 Å². The lowest BCUT2D eigenvalue weighted by Crippen LogP contribution is -2.32. The van der Waals surface area contributed by atoms with Gasteiger partial charge in [-0.25, -0.2) is 0 Å². The Hall–Kier alpha value is -3.51. The molecule has 1 heterocycles. The first-order valence-electron chi connectivity index (χ1n) is 12.7. The lowest BCUT2D eigenvalue weighted by Gasteiger charge is -2.26. The first kappa shape index (κ1) is 25.6. The van der Waals surface area contributed by atoms with Crippen LogP contribution in [0.25, 0.3) is 0 Å². The van der Waals surface area contributed by atoms with Crippen molar-refractivity contribution in [2.75, 3.05) is 24.6 Å². The highest BCUT2D eigenvalue weighted by Crippen LogP contribution is 2.36. The Balaban J connectivity index is 1.68. The lowest BCUT2D eigenvalue weighted by molar-refractivity contribution is -0.137. The molecular formula is C30H37N3O3. The van der Waals surface area contributed by atoms with E-state index in [1.54, 1.807) is 0 Å². The van der Waals surface area contributed by atoms with E-state index in [4.69, 9.17) is 10.5 Å². The van der Waals surface area contributed by atoms with E-state index < -0.39 is 5.97 Å². The minimum atomic E-state index is -0.829. The number of carboxylic acids is 1. The van der Waals surface area contributed by atoms with Gasteiger partial charge in [0.05, 0.1) is 17.8 Å². The number of nitrogens with zero attached hydrogens (tertiary/aromatic N) is 1. The van der Waals surface area contributed by atoms with Crippen molar-refractivity contribution in [3.8, 4) is 5.75 Å². The van der Waals surface area contributed by atoms with Crippen molar-refractivity contribution >= 4 is 17.3 Å². The number of rotatable bonds is 8. The van der Waals surface area contributed by atoms with Gasteiger partial charge in [-0.2, -0.15) is 0 Å². The van der Waals surface area contributed by atoms with Gasteiger partial charge in [0.25, 0.3) is 0 Å². The van der Waals surface area contributed by atoms with Crippen molar-refractivity contribution in [2.45, 2.75) is 58.7 Å². The fraction of sp³-hybridized carbons (Fsp3) is 0.367. The number of aliphatic carboxylic acids is 1. The molecule has 190 valence electrons. The molecule has 4 rings (SSSR count). The fourth-order valence-corrected chi connectivity index (χ4v) is 5.13. The van der Waals surface area contributed by atoms with Crippen LogP contribution in [0.15, 0.2) is 54.6 Å². The highest BCUT2D eigenvalue weighted by molar-refractivity contribution is 5.74. The number of para-hydroxylation sites is 1. The Morgan fingerprint density at radius 3 is 2.69 bits per heavy atom. The maximum absolute atomic E-state index is 11.9. The van der Waals surface area contributed by atoms with Gasteiger partial charge in [0.1, 0.15) is 11.9 Å². The molecule has 6 nitrogen and oxygen atoms in total. The predicted molar refractivity (Wildman–Crippen MR) is 146 cm³/mol. The van der Waals surface area contributed by atoms with Crippen LogP contribution in [0.3, 0.4) is 0 Å². The maximum atomic E-state index is 11.9. The first-order valence-corrected chi connectivity index (χ1v) is 12.7. The zero-order valence-electron chi connectivity index (χ0n) is 21.7. The molecule has 3 aromatic rings. The number of nitrogens with one attached hydrogen (secondary N) is 1. The zero-order chi connectivity index (χ0) is 25.8. The number of nitrogens with two attached hydrogens (primary N) is 1. The lowest BCUT2D eigenvalue weighted by atomic mass is 9.84. The van der Waals surface area contributed by atoms with Gasteiger partial charge in [-0.05, 0) is 60.2 Å². The molecule has 0 fully saturated rings. The second kappa shape index (κ2) is 11.0. The number of aryl methyl sites for hydroxylation is 1. The molecule has 4 N–H and O–H groups in total. The fourth-order valence-electron chi connectivity index (χ4n) is 5.13. The topological polar surface area (TPSA) is 87.8 Å². The highest BCUT2D eigenvalue weighted by atomic mass is 16.5. The van der Waals surface area contributed by atoms with Gasteiger partial charge in [0, 0.05) is 38.2 Å². The standard InChI is InChI=1S/C30H37N3O3/c1-5-24-18-33(16-22-8-6-7-9-28(22)36-24)17-23-14-21(11-10-19(23)2)26(15-29(34)35)25-12-13-27(32-4)30(31)20(25)3/h6-14,24,26,32H,5,15-18,31H2,1-4H3,(H,34,35). The summed E-state index contributed by atoms with van der Waals surface area (Å²) in [7, 11) is 1.83. The van der Waals surface area contributed by atoms with E-state index >= 15 is 0 Å². The van der Waals surface area contributed by atoms with Crippen LogP contribution in [-0.2, 0) is 17.9 Å². The Morgan fingerprint density at radius 1 is 1.19 bits per heavy atom. The number of nitrogen functional groups attached to an aromatic ring is 1. The molecule has 1 aliphatic rings. The van der Waals surface area contributed by atoms with Crippen LogP contribution in [0.5, 0.6) is 5.75 Å². The summed E-state index contributed by atoms with van der Waals surface area (Å²) < 4.78 is 6.29. The van der Waals surface area contributed by atoms with Gasteiger partial charge in [-0.1, -0.05) is 49.4 Å². The molecule has 0 saturated heterocycles.